The Labute approximate surface area is 120 Å². The summed E-state index contributed by atoms with van der Waals surface area (Å²) in [5, 5.41) is 22.0. The van der Waals surface area contributed by atoms with E-state index >= 15 is 0 Å². The van der Waals surface area contributed by atoms with Crippen LogP contribution in [0, 0.1) is 16.0 Å². The lowest BCUT2D eigenvalue weighted by Crippen LogP contribution is -2.17. The fraction of sp³-hybridized carbons (Fsp3) is 0.385. The smallest absolute Gasteiger partial charge is 0.312 e. The summed E-state index contributed by atoms with van der Waals surface area (Å²) in [5.41, 5.74) is 0.00362. The molecule has 0 fully saturated rings. The van der Waals surface area contributed by atoms with Gasteiger partial charge in [0.2, 0.25) is 5.91 Å². The highest BCUT2D eigenvalue weighted by atomic mass is 16.6. The maximum atomic E-state index is 11.7. The first-order valence-corrected chi connectivity index (χ1v) is 6.17. The summed E-state index contributed by atoms with van der Waals surface area (Å²) < 4.78 is 4.86. The Balaban J connectivity index is 2.74. The van der Waals surface area contributed by atoms with Crippen molar-refractivity contribution in [1.82, 2.24) is 0 Å². The van der Waals surface area contributed by atoms with E-state index in [1.54, 1.807) is 6.92 Å². The van der Waals surface area contributed by atoms with Crippen LogP contribution >= 0.6 is 0 Å². The number of carboxylic acids is 1. The zero-order chi connectivity index (χ0) is 16.0. The summed E-state index contributed by atoms with van der Waals surface area (Å²) in [6.07, 6.45) is -0.0949. The molecule has 21 heavy (non-hydrogen) atoms. The number of carbonyl (C=O) groups is 2. The predicted molar refractivity (Wildman–Crippen MR) is 74.3 cm³/mol. The minimum atomic E-state index is -0.976. The number of nitrogens with zero attached hydrogens (tertiary/aromatic N) is 1. The number of nitro groups is 1. The lowest BCUT2D eigenvalue weighted by molar-refractivity contribution is -0.385. The second kappa shape index (κ2) is 7.22. The van der Waals surface area contributed by atoms with E-state index in [2.05, 4.69) is 5.32 Å². The molecule has 0 aliphatic carbocycles. The van der Waals surface area contributed by atoms with Crippen LogP contribution in [0.2, 0.25) is 0 Å². The Bertz CT molecular complexity index is 558. The predicted octanol–water partition coefficient (Wildman–Crippen LogP) is 2.04. The first-order valence-electron chi connectivity index (χ1n) is 6.17. The molecule has 0 aromatic heterocycles. The van der Waals surface area contributed by atoms with Crippen molar-refractivity contribution in [3.8, 4) is 5.75 Å². The van der Waals surface area contributed by atoms with Crippen molar-refractivity contribution >= 4 is 23.3 Å². The molecule has 0 aliphatic heterocycles. The van der Waals surface area contributed by atoms with Gasteiger partial charge in [-0.2, -0.15) is 0 Å². The van der Waals surface area contributed by atoms with E-state index in [0.717, 1.165) is 0 Å². The highest BCUT2D eigenvalue weighted by Crippen LogP contribution is 2.29. The number of aliphatic carboxylic acids is 1. The van der Waals surface area contributed by atoms with Crippen molar-refractivity contribution in [2.75, 3.05) is 12.4 Å². The molecule has 1 rings (SSSR count). The topological polar surface area (TPSA) is 119 Å². The molecule has 1 amide bonds. The van der Waals surface area contributed by atoms with Gasteiger partial charge in [0, 0.05) is 24.6 Å². The highest BCUT2D eigenvalue weighted by molar-refractivity contribution is 5.91. The molecule has 0 bridgehead atoms. The minimum absolute atomic E-state index is 0.0200. The molecular weight excluding hydrogens is 280 g/mol. The van der Waals surface area contributed by atoms with Gasteiger partial charge in [0.05, 0.1) is 12.0 Å². The quantitative estimate of drug-likeness (QED) is 0.587. The average molecular weight is 296 g/mol. The average Bonchev–Trinajstić information content (AvgIpc) is 2.37. The van der Waals surface area contributed by atoms with Crippen LogP contribution in [0.4, 0.5) is 11.4 Å². The molecule has 1 atom stereocenters. The van der Waals surface area contributed by atoms with Crippen LogP contribution in [0.25, 0.3) is 0 Å². The second-order valence-electron chi connectivity index (χ2n) is 4.60. The molecule has 0 heterocycles. The maximum Gasteiger partial charge on any atom is 0.312 e. The molecule has 114 valence electrons. The van der Waals surface area contributed by atoms with Crippen molar-refractivity contribution in [2.24, 2.45) is 5.92 Å². The number of hydrogen-bond acceptors (Lipinski definition) is 5. The number of carboxylic acid groups (broad SMARTS) is 1. The van der Waals surface area contributed by atoms with Crippen molar-refractivity contribution in [1.29, 1.82) is 0 Å². The van der Waals surface area contributed by atoms with Crippen LogP contribution in [0.3, 0.4) is 0 Å². The van der Waals surface area contributed by atoms with Gasteiger partial charge in [-0.15, -0.1) is 0 Å². The van der Waals surface area contributed by atoms with Crippen molar-refractivity contribution in [3.05, 3.63) is 28.3 Å². The van der Waals surface area contributed by atoms with Crippen LogP contribution in [-0.2, 0) is 9.59 Å². The number of ether oxygens (including phenoxy) is 1. The van der Waals surface area contributed by atoms with Gasteiger partial charge in [0.15, 0.2) is 5.75 Å². The highest BCUT2D eigenvalue weighted by Gasteiger charge is 2.17. The minimum Gasteiger partial charge on any atom is -0.490 e. The summed E-state index contributed by atoms with van der Waals surface area (Å²) in [5.74, 6) is -1.61. The van der Waals surface area contributed by atoms with Crippen LogP contribution in [0.1, 0.15) is 19.8 Å². The molecule has 1 unspecified atom stereocenters. The molecule has 0 saturated heterocycles. The van der Waals surface area contributed by atoms with Crippen LogP contribution in [0.15, 0.2) is 18.2 Å². The van der Waals surface area contributed by atoms with Gasteiger partial charge in [0.1, 0.15) is 0 Å². The molecule has 0 saturated carbocycles. The summed E-state index contributed by atoms with van der Waals surface area (Å²) >= 11 is 0. The summed E-state index contributed by atoms with van der Waals surface area (Å²) in [7, 11) is 1.31. The normalized spacial score (nSPS) is 11.5. The Hall–Kier alpha value is -2.64. The Morgan fingerprint density at radius 1 is 1.43 bits per heavy atom. The number of anilines is 1. The molecule has 0 radical (unpaired) electrons. The molecule has 1 aromatic rings. The number of amides is 1. The van der Waals surface area contributed by atoms with Gasteiger partial charge in [-0.3, -0.25) is 19.7 Å². The third-order valence-corrected chi connectivity index (χ3v) is 2.72. The Morgan fingerprint density at radius 2 is 2.10 bits per heavy atom. The third-order valence-electron chi connectivity index (χ3n) is 2.72. The zero-order valence-corrected chi connectivity index (χ0v) is 11.7. The third kappa shape index (κ3) is 5.09. The van der Waals surface area contributed by atoms with Gasteiger partial charge < -0.3 is 15.2 Å². The molecule has 8 nitrogen and oxygen atoms in total. The lowest BCUT2D eigenvalue weighted by Gasteiger charge is -2.10. The first-order chi connectivity index (χ1) is 9.83. The number of carbonyl (C=O) groups excluding carboxylic acids is 1. The van der Waals surface area contributed by atoms with E-state index in [9.17, 15) is 19.7 Å². The number of methoxy groups -OCH3 is 1. The monoisotopic (exact) mass is 296 g/mol. The van der Waals surface area contributed by atoms with Crippen molar-refractivity contribution in [2.45, 2.75) is 19.8 Å². The van der Waals surface area contributed by atoms with Crippen LogP contribution < -0.4 is 10.1 Å². The van der Waals surface area contributed by atoms with E-state index < -0.39 is 16.8 Å². The largest absolute Gasteiger partial charge is 0.490 e. The number of hydrogen-bond donors (Lipinski definition) is 2. The number of rotatable bonds is 7. The number of nitrogens with one attached hydrogen (secondary N) is 1. The molecule has 0 aliphatic rings. The van der Waals surface area contributed by atoms with Gasteiger partial charge in [-0.05, 0) is 18.1 Å². The molecule has 8 heteroatoms. The summed E-state index contributed by atoms with van der Waals surface area (Å²) in [6.45, 7) is 1.64. The SMILES string of the molecule is COc1ccc(NC(=O)CC(C)CC(=O)O)cc1[N+](=O)[O-]. The van der Waals surface area contributed by atoms with E-state index in [1.165, 1.54) is 25.3 Å². The molecule has 2 N–H and O–H groups in total. The maximum absolute atomic E-state index is 11.7. The Kier molecular flexibility index (Phi) is 5.65. The lowest BCUT2D eigenvalue weighted by atomic mass is 10.0. The van der Waals surface area contributed by atoms with E-state index in [4.69, 9.17) is 9.84 Å². The standard InChI is InChI=1S/C13H16N2O6/c1-8(6-13(17)18)5-12(16)14-9-3-4-11(21-2)10(7-9)15(19)20/h3-4,7-8H,5-6H2,1-2H3,(H,14,16)(H,17,18). The van der Waals surface area contributed by atoms with Crippen LogP contribution in [0.5, 0.6) is 5.75 Å². The van der Waals surface area contributed by atoms with Crippen molar-refractivity contribution in [3.63, 3.8) is 0 Å². The van der Waals surface area contributed by atoms with Crippen molar-refractivity contribution < 1.29 is 24.4 Å². The van der Waals surface area contributed by atoms with Gasteiger partial charge in [-0.1, -0.05) is 6.92 Å². The van der Waals surface area contributed by atoms with Gasteiger partial charge in [-0.25, -0.2) is 0 Å². The van der Waals surface area contributed by atoms with Crippen LogP contribution in [-0.4, -0.2) is 29.0 Å². The van der Waals surface area contributed by atoms with Gasteiger partial charge >= 0.3 is 11.7 Å². The van der Waals surface area contributed by atoms with Gasteiger partial charge in [0.25, 0.3) is 0 Å². The molecular formula is C13H16N2O6. The molecule has 1 aromatic carbocycles. The first kappa shape index (κ1) is 16.4. The summed E-state index contributed by atoms with van der Waals surface area (Å²) in [6, 6.07) is 4.05. The van der Waals surface area contributed by atoms with E-state index in [1.807, 2.05) is 0 Å². The zero-order valence-electron chi connectivity index (χ0n) is 11.7. The fourth-order valence-electron chi connectivity index (χ4n) is 1.81. The van der Waals surface area contributed by atoms with E-state index in [0.29, 0.717) is 0 Å². The summed E-state index contributed by atoms with van der Waals surface area (Å²) in [4.78, 5) is 32.5. The second-order valence-corrected chi connectivity index (χ2v) is 4.60. The number of nitro benzene ring substituents is 1. The fourth-order valence-corrected chi connectivity index (χ4v) is 1.81. The molecule has 0 spiro atoms. The number of benzene rings is 1. The van der Waals surface area contributed by atoms with E-state index in [-0.39, 0.29) is 35.9 Å². The Morgan fingerprint density at radius 3 is 2.62 bits per heavy atom.